The van der Waals surface area contributed by atoms with E-state index >= 15 is 0 Å². The summed E-state index contributed by atoms with van der Waals surface area (Å²) in [6.07, 6.45) is 10.5. The third-order valence-corrected chi connectivity index (χ3v) is 5.70. The lowest BCUT2D eigenvalue weighted by Gasteiger charge is -2.37. The van der Waals surface area contributed by atoms with E-state index in [1.54, 1.807) is 0 Å². The molecule has 0 aromatic rings. The lowest BCUT2D eigenvalue weighted by atomic mass is 9.69. The Hall–Kier alpha value is -0.0800. The maximum absolute atomic E-state index is 9.44. The minimum absolute atomic E-state index is 0.299. The van der Waals surface area contributed by atoms with Gasteiger partial charge in [-0.2, -0.15) is 0 Å². The van der Waals surface area contributed by atoms with Crippen LogP contribution < -0.4 is 5.32 Å². The predicted molar refractivity (Wildman–Crippen MR) is 85.4 cm³/mol. The van der Waals surface area contributed by atoms with Gasteiger partial charge in [0.2, 0.25) is 0 Å². The summed E-state index contributed by atoms with van der Waals surface area (Å²) in [6.45, 7) is 7.87. The number of aliphatic hydroxyl groups is 1. The second-order valence-corrected chi connectivity index (χ2v) is 7.55. The Morgan fingerprint density at radius 2 is 1.95 bits per heavy atom. The summed E-state index contributed by atoms with van der Waals surface area (Å²) in [6, 6.07) is 0. The van der Waals surface area contributed by atoms with Gasteiger partial charge in [0.15, 0.2) is 0 Å². The van der Waals surface area contributed by atoms with Crippen LogP contribution in [0.15, 0.2) is 0 Å². The monoisotopic (exact) mass is 281 g/mol. The van der Waals surface area contributed by atoms with Crippen molar-refractivity contribution in [3.63, 3.8) is 0 Å². The molecule has 2 aliphatic carbocycles. The first-order valence-corrected chi connectivity index (χ1v) is 9.05. The van der Waals surface area contributed by atoms with Crippen molar-refractivity contribution in [1.82, 2.24) is 5.32 Å². The van der Waals surface area contributed by atoms with Gasteiger partial charge < -0.3 is 5.11 Å². The highest BCUT2D eigenvalue weighted by Crippen LogP contribution is 2.55. The normalized spacial score (nSPS) is 29.2. The second-order valence-electron chi connectivity index (χ2n) is 7.55. The molecule has 2 rings (SSSR count). The van der Waals surface area contributed by atoms with Gasteiger partial charge in [0.1, 0.15) is 6.23 Å². The van der Waals surface area contributed by atoms with Crippen LogP contribution in [0.5, 0.6) is 0 Å². The molecule has 2 fully saturated rings. The first kappa shape index (κ1) is 16.3. The van der Waals surface area contributed by atoms with E-state index in [0.29, 0.717) is 0 Å². The number of rotatable bonds is 10. The highest BCUT2D eigenvalue weighted by Gasteiger charge is 2.47. The molecule has 2 N–H and O–H groups in total. The van der Waals surface area contributed by atoms with Crippen LogP contribution in [0.25, 0.3) is 0 Å². The summed E-state index contributed by atoms with van der Waals surface area (Å²) < 4.78 is 0. The molecule has 0 aromatic carbocycles. The highest BCUT2D eigenvalue weighted by atomic mass is 16.3. The first-order chi connectivity index (χ1) is 9.63. The third kappa shape index (κ3) is 4.46. The lowest BCUT2D eigenvalue weighted by Crippen LogP contribution is -2.29. The van der Waals surface area contributed by atoms with Crippen molar-refractivity contribution in [1.29, 1.82) is 0 Å². The maximum atomic E-state index is 9.44. The van der Waals surface area contributed by atoms with E-state index in [-0.39, 0.29) is 6.23 Å². The van der Waals surface area contributed by atoms with Crippen molar-refractivity contribution < 1.29 is 5.11 Å². The SMILES string of the molecule is CCC(O)NCCCCC1CC1C(C(C)C)C1CCC1. The van der Waals surface area contributed by atoms with Crippen LogP contribution in [0, 0.1) is 29.6 Å². The zero-order chi connectivity index (χ0) is 14.5. The summed E-state index contributed by atoms with van der Waals surface area (Å²) in [4.78, 5) is 0. The second kappa shape index (κ2) is 7.79. The Balaban J connectivity index is 1.57. The smallest absolute Gasteiger partial charge is 0.104 e. The zero-order valence-electron chi connectivity index (χ0n) is 13.8. The Bertz CT molecular complexity index is 275. The van der Waals surface area contributed by atoms with Crippen molar-refractivity contribution in [2.24, 2.45) is 29.6 Å². The van der Waals surface area contributed by atoms with Gasteiger partial charge in [0.05, 0.1) is 0 Å². The van der Waals surface area contributed by atoms with E-state index in [1.165, 1.54) is 44.9 Å². The quantitative estimate of drug-likeness (QED) is 0.465. The van der Waals surface area contributed by atoms with Crippen LogP contribution in [-0.2, 0) is 0 Å². The molecule has 4 atom stereocenters. The molecule has 20 heavy (non-hydrogen) atoms. The first-order valence-electron chi connectivity index (χ1n) is 9.05. The summed E-state index contributed by atoms with van der Waals surface area (Å²) >= 11 is 0. The average Bonchev–Trinajstić information content (AvgIpc) is 3.11. The number of aliphatic hydroxyl groups excluding tert-OH is 1. The van der Waals surface area contributed by atoms with Gasteiger partial charge in [-0.3, -0.25) is 5.32 Å². The van der Waals surface area contributed by atoms with Gasteiger partial charge in [-0.05, 0) is 55.4 Å². The highest BCUT2D eigenvalue weighted by molar-refractivity contribution is 4.96. The maximum Gasteiger partial charge on any atom is 0.104 e. The molecule has 0 amide bonds. The van der Waals surface area contributed by atoms with Gasteiger partial charge >= 0.3 is 0 Å². The molecule has 2 nitrogen and oxygen atoms in total. The van der Waals surface area contributed by atoms with Crippen molar-refractivity contribution >= 4 is 0 Å². The van der Waals surface area contributed by atoms with E-state index in [1.807, 2.05) is 6.92 Å². The molecule has 0 spiro atoms. The van der Waals surface area contributed by atoms with Gasteiger partial charge in [0.25, 0.3) is 0 Å². The van der Waals surface area contributed by atoms with Crippen LogP contribution in [0.1, 0.15) is 72.1 Å². The zero-order valence-corrected chi connectivity index (χ0v) is 13.8. The van der Waals surface area contributed by atoms with E-state index in [0.717, 1.165) is 42.6 Å². The molecule has 2 saturated carbocycles. The number of nitrogens with one attached hydrogen (secondary N) is 1. The predicted octanol–water partition coefficient (Wildman–Crippen LogP) is 4.18. The van der Waals surface area contributed by atoms with Crippen LogP contribution in [0.2, 0.25) is 0 Å². The largest absolute Gasteiger partial charge is 0.379 e. The van der Waals surface area contributed by atoms with Gasteiger partial charge in [-0.25, -0.2) is 0 Å². The van der Waals surface area contributed by atoms with Crippen LogP contribution in [0.4, 0.5) is 0 Å². The van der Waals surface area contributed by atoms with Crippen molar-refractivity contribution in [3.05, 3.63) is 0 Å². The van der Waals surface area contributed by atoms with Gasteiger partial charge in [0, 0.05) is 0 Å². The summed E-state index contributed by atoms with van der Waals surface area (Å²) in [5.41, 5.74) is 0. The molecular formula is C18H35NO. The number of hydrogen-bond donors (Lipinski definition) is 2. The molecule has 0 aliphatic heterocycles. The minimum Gasteiger partial charge on any atom is -0.379 e. The molecule has 0 radical (unpaired) electrons. The van der Waals surface area contributed by atoms with Gasteiger partial charge in [-0.1, -0.05) is 52.9 Å². The Morgan fingerprint density at radius 3 is 2.50 bits per heavy atom. The molecule has 0 saturated heterocycles. The molecule has 2 aliphatic rings. The van der Waals surface area contributed by atoms with Crippen molar-refractivity contribution in [3.8, 4) is 0 Å². The van der Waals surface area contributed by atoms with Crippen LogP contribution in [-0.4, -0.2) is 17.9 Å². The number of hydrogen-bond acceptors (Lipinski definition) is 2. The van der Waals surface area contributed by atoms with E-state index in [2.05, 4.69) is 19.2 Å². The molecule has 0 heterocycles. The van der Waals surface area contributed by atoms with Crippen LogP contribution in [0.3, 0.4) is 0 Å². The molecule has 118 valence electrons. The van der Waals surface area contributed by atoms with Gasteiger partial charge in [-0.15, -0.1) is 0 Å². The van der Waals surface area contributed by atoms with E-state index in [9.17, 15) is 5.11 Å². The Kier molecular flexibility index (Phi) is 6.35. The third-order valence-electron chi connectivity index (χ3n) is 5.70. The van der Waals surface area contributed by atoms with Crippen molar-refractivity contribution in [2.45, 2.75) is 78.4 Å². The Morgan fingerprint density at radius 1 is 1.20 bits per heavy atom. The fourth-order valence-electron chi connectivity index (χ4n) is 4.23. The van der Waals surface area contributed by atoms with E-state index in [4.69, 9.17) is 0 Å². The topological polar surface area (TPSA) is 32.3 Å². The van der Waals surface area contributed by atoms with Crippen LogP contribution >= 0.6 is 0 Å². The molecule has 2 heteroatoms. The minimum atomic E-state index is -0.299. The molecular weight excluding hydrogens is 246 g/mol. The fourth-order valence-corrected chi connectivity index (χ4v) is 4.23. The lowest BCUT2D eigenvalue weighted by molar-refractivity contribution is 0.130. The fraction of sp³-hybridized carbons (Fsp3) is 1.00. The molecule has 0 aromatic heterocycles. The summed E-state index contributed by atoms with van der Waals surface area (Å²) in [5.74, 6) is 5.05. The number of unbranched alkanes of at least 4 members (excludes halogenated alkanes) is 1. The summed E-state index contributed by atoms with van der Waals surface area (Å²) in [7, 11) is 0. The summed E-state index contributed by atoms with van der Waals surface area (Å²) in [5, 5.41) is 12.6. The average molecular weight is 281 g/mol. The molecule has 4 unspecified atom stereocenters. The van der Waals surface area contributed by atoms with Crippen molar-refractivity contribution in [2.75, 3.05) is 6.54 Å². The Labute approximate surface area is 125 Å². The standard InChI is InChI=1S/C18H35NO/c1-4-17(20)19-11-6-5-8-15-12-16(15)18(13(2)3)14-9-7-10-14/h13-20H,4-12H2,1-3H3. The molecule has 0 bridgehead atoms. The van der Waals surface area contributed by atoms with E-state index < -0.39 is 0 Å².